The summed E-state index contributed by atoms with van der Waals surface area (Å²) in [5, 5.41) is 10.5. The van der Waals surface area contributed by atoms with E-state index < -0.39 is 5.60 Å². The fraction of sp³-hybridized carbons (Fsp3) is 0.636. The third kappa shape index (κ3) is 2.13. The first kappa shape index (κ1) is 11.6. The van der Waals surface area contributed by atoms with Gasteiger partial charge in [-0.15, -0.1) is 0 Å². The Kier molecular flexibility index (Phi) is 3.04. The SMILES string of the molecule is CCc1c(Cl)ncnc1N1CCC(C)(O)C1. The topological polar surface area (TPSA) is 49.2 Å². The maximum absolute atomic E-state index is 9.94. The van der Waals surface area contributed by atoms with Crippen molar-refractivity contribution in [3.8, 4) is 0 Å². The van der Waals surface area contributed by atoms with Crippen molar-refractivity contribution in [2.75, 3.05) is 18.0 Å². The number of rotatable bonds is 2. The Balaban J connectivity index is 2.31. The molecule has 0 amide bonds. The minimum atomic E-state index is -0.623. The van der Waals surface area contributed by atoms with E-state index in [1.54, 1.807) is 0 Å². The molecule has 88 valence electrons. The van der Waals surface area contributed by atoms with Gasteiger partial charge in [-0.2, -0.15) is 0 Å². The lowest BCUT2D eigenvalue weighted by Gasteiger charge is -2.22. The molecule has 2 heterocycles. The summed E-state index contributed by atoms with van der Waals surface area (Å²) < 4.78 is 0. The van der Waals surface area contributed by atoms with Crippen molar-refractivity contribution < 1.29 is 5.11 Å². The lowest BCUT2D eigenvalue weighted by molar-refractivity contribution is 0.0839. The van der Waals surface area contributed by atoms with Crippen LogP contribution in [0.3, 0.4) is 0 Å². The van der Waals surface area contributed by atoms with E-state index in [9.17, 15) is 5.11 Å². The molecule has 0 spiro atoms. The Morgan fingerprint density at radius 1 is 1.56 bits per heavy atom. The van der Waals surface area contributed by atoms with Crippen molar-refractivity contribution in [3.63, 3.8) is 0 Å². The molecule has 1 aliphatic rings. The van der Waals surface area contributed by atoms with Crippen LogP contribution in [-0.4, -0.2) is 33.8 Å². The Hall–Kier alpha value is -0.870. The standard InChI is InChI=1S/C11H16ClN3O/c1-3-8-9(12)13-7-14-10(8)15-5-4-11(2,16)6-15/h7,16H,3-6H2,1-2H3. The van der Waals surface area contributed by atoms with E-state index in [0.29, 0.717) is 11.7 Å². The van der Waals surface area contributed by atoms with Gasteiger partial charge in [0.2, 0.25) is 0 Å². The molecule has 1 saturated heterocycles. The fourth-order valence-electron chi connectivity index (χ4n) is 2.08. The maximum atomic E-state index is 9.94. The fourth-order valence-corrected chi connectivity index (χ4v) is 2.35. The third-order valence-corrected chi connectivity index (χ3v) is 3.30. The molecule has 0 bridgehead atoms. The van der Waals surface area contributed by atoms with Gasteiger partial charge in [0.15, 0.2) is 0 Å². The summed E-state index contributed by atoms with van der Waals surface area (Å²) in [5.41, 5.74) is 0.337. The van der Waals surface area contributed by atoms with E-state index in [2.05, 4.69) is 14.9 Å². The van der Waals surface area contributed by atoms with Crippen LogP contribution in [0.5, 0.6) is 0 Å². The lowest BCUT2D eigenvalue weighted by Crippen LogP contribution is -2.30. The molecule has 5 heteroatoms. The zero-order valence-electron chi connectivity index (χ0n) is 9.57. The average Bonchev–Trinajstić information content (AvgIpc) is 2.58. The molecule has 0 saturated carbocycles. The minimum absolute atomic E-state index is 0.513. The first-order chi connectivity index (χ1) is 7.53. The van der Waals surface area contributed by atoms with Gasteiger partial charge in [0, 0.05) is 18.7 Å². The normalized spacial score (nSPS) is 25.1. The highest BCUT2D eigenvalue weighted by molar-refractivity contribution is 6.30. The van der Waals surface area contributed by atoms with Crippen LogP contribution in [0.2, 0.25) is 5.15 Å². The van der Waals surface area contributed by atoms with E-state index in [1.807, 2.05) is 13.8 Å². The number of anilines is 1. The van der Waals surface area contributed by atoms with E-state index in [1.165, 1.54) is 6.33 Å². The number of nitrogens with zero attached hydrogens (tertiary/aromatic N) is 3. The molecule has 1 atom stereocenters. The average molecular weight is 242 g/mol. The van der Waals surface area contributed by atoms with Gasteiger partial charge >= 0.3 is 0 Å². The van der Waals surface area contributed by atoms with E-state index in [4.69, 9.17) is 11.6 Å². The Morgan fingerprint density at radius 2 is 2.31 bits per heavy atom. The lowest BCUT2D eigenvalue weighted by atomic mass is 10.1. The number of aliphatic hydroxyl groups is 1. The number of hydrogen-bond donors (Lipinski definition) is 1. The molecular weight excluding hydrogens is 226 g/mol. The number of hydrogen-bond acceptors (Lipinski definition) is 4. The first-order valence-electron chi connectivity index (χ1n) is 5.50. The second kappa shape index (κ2) is 4.18. The summed E-state index contributed by atoms with van der Waals surface area (Å²) in [7, 11) is 0. The molecule has 1 aliphatic heterocycles. The van der Waals surface area contributed by atoms with Crippen LogP contribution in [0.1, 0.15) is 25.8 Å². The zero-order valence-corrected chi connectivity index (χ0v) is 10.3. The summed E-state index contributed by atoms with van der Waals surface area (Å²) in [6, 6.07) is 0. The van der Waals surface area contributed by atoms with Gasteiger partial charge < -0.3 is 10.0 Å². The van der Waals surface area contributed by atoms with Crippen molar-refractivity contribution >= 4 is 17.4 Å². The van der Waals surface area contributed by atoms with Crippen LogP contribution < -0.4 is 4.90 Å². The summed E-state index contributed by atoms with van der Waals surface area (Å²) in [6.45, 7) is 5.30. The largest absolute Gasteiger partial charge is 0.388 e. The van der Waals surface area contributed by atoms with Gasteiger partial charge in [0.25, 0.3) is 0 Å². The van der Waals surface area contributed by atoms with Gasteiger partial charge in [-0.05, 0) is 19.8 Å². The van der Waals surface area contributed by atoms with Crippen molar-refractivity contribution in [3.05, 3.63) is 17.0 Å². The summed E-state index contributed by atoms with van der Waals surface area (Å²) in [6.07, 6.45) is 3.04. The van der Waals surface area contributed by atoms with Gasteiger partial charge in [-0.25, -0.2) is 9.97 Å². The van der Waals surface area contributed by atoms with Crippen molar-refractivity contribution in [1.29, 1.82) is 0 Å². The predicted octanol–water partition coefficient (Wildman–Crippen LogP) is 1.65. The molecule has 0 aromatic carbocycles. The Morgan fingerprint density at radius 3 is 2.88 bits per heavy atom. The second-order valence-electron chi connectivity index (χ2n) is 4.49. The first-order valence-corrected chi connectivity index (χ1v) is 5.88. The van der Waals surface area contributed by atoms with Gasteiger partial charge in [-0.3, -0.25) is 0 Å². The summed E-state index contributed by atoms with van der Waals surface area (Å²) in [4.78, 5) is 10.3. The monoisotopic (exact) mass is 241 g/mol. The van der Waals surface area contributed by atoms with E-state index in [0.717, 1.165) is 30.8 Å². The van der Waals surface area contributed by atoms with Crippen LogP contribution in [-0.2, 0) is 6.42 Å². The highest BCUT2D eigenvalue weighted by Crippen LogP contribution is 2.29. The Bertz CT molecular complexity index is 395. The molecule has 1 N–H and O–H groups in total. The third-order valence-electron chi connectivity index (χ3n) is 2.97. The van der Waals surface area contributed by atoms with E-state index >= 15 is 0 Å². The predicted molar refractivity (Wildman–Crippen MR) is 63.9 cm³/mol. The highest BCUT2D eigenvalue weighted by Gasteiger charge is 2.33. The smallest absolute Gasteiger partial charge is 0.137 e. The molecule has 1 unspecified atom stereocenters. The van der Waals surface area contributed by atoms with Gasteiger partial charge in [0.1, 0.15) is 17.3 Å². The van der Waals surface area contributed by atoms with Gasteiger partial charge in [0.05, 0.1) is 5.60 Å². The maximum Gasteiger partial charge on any atom is 0.137 e. The van der Waals surface area contributed by atoms with Crippen molar-refractivity contribution in [2.45, 2.75) is 32.3 Å². The number of aromatic nitrogens is 2. The molecule has 1 aromatic heterocycles. The number of β-amino-alcohol motifs (C(OH)–C–C–N with tert-alkyl or cyclic N) is 1. The second-order valence-corrected chi connectivity index (χ2v) is 4.85. The molecule has 2 rings (SSSR count). The van der Waals surface area contributed by atoms with Gasteiger partial charge in [-0.1, -0.05) is 18.5 Å². The van der Waals surface area contributed by atoms with Crippen LogP contribution >= 0.6 is 11.6 Å². The summed E-state index contributed by atoms with van der Waals surface area (Å²) >= 11 is 6.04. The van der Waals surface area contributed by atoms with Crippen LogP contribution in [0.4, 0.5) is 5.82 Å². The van der Waals surface area contributed by atoms with Crippen molar-refractivity contribution in [1.82, 2.24) is 9.97 Å². The zero-order chi connectivity index (χ0) is 11.8. The molecule has 1 fully saturated rings. The van der Waals surface area contributed by atoms with Crippen LogP contribution in [0.15, 0.2) is 6.33 Å². The number of halogens is 1. The summed E-state index contributed by atoms with van der Waals surface area (Å²) in [5.74, 6) is 0.861. The molecule has 0 radical (unpaired) electrons. The molecular formula is C11H16ClN3O. The van der Waals surface area contributed by atoms with Crippen LogP contribution in [0.25, 0.3) is 0 Å². The highest BCUT2D eigenvalue weighted by atomic mass is 35.5. The molecule has 4 nitrogen and oxygen atoms in total. The molecule has 16 heavy (non-hydrogen) atoms. The van der Waals surface area contributed by atoms with Crippen molar-refractivity contribution in [2.24, 2.45) is 0 Å². The molecule has 1 aromatic rings. The quantitative estimate of drug-likeness (QED) is 0.800. The molecule has 0 aliphatic carbocycles. The minimum Gasteiger partial charge on any atom is -0.388 e. The van der Waals surface area contributed by atoms with E-state index in [-0.39, 0.29) is 0 Å². The Labute approximate surface area is 100 Å². The van der Waals surface area contributed by atoms with Crippen LogP contribution in [0, 0.1) is 0 Å².